The highest BCUT2D eigenvalue weighted by Crippen LogP contribution is 2.39. The molecule has 1 saturated carbocycles. The first-order valence-corrected chi connectivity index (χ1v) is 9.40. The predicted octanol–water partition coefficient (Wildman–Crippen LogP) is 1.99. The molecule has 2 aromatic rings. The van der Waals surface area contributed by atoms with Crippen LogP contribution in [-0.4, -0.2) is 60.0 Å². The van der Waals surface area contributed by atoms with E-state index in [9.17, 15) is 18.8 Å². The normalized spacial score (nSPS) is 16.8. The van der Waals surface area contributed by atoms with Crippen LogP contribution < -0.4 is 20.4 Å². The van der Waals surface area contributed by atoms with Crippen LogP contribution in [-0.2, 0) is 0 Å². The lowest BCUT2D eigenvalue weighted by Crippen LogP contribution is -2.51. The number of ether oxygens (including phenoxy) is 1. The predicted molar refractivity (Wildman–Crippen MR) is 103 cm³/mol. The fourth-order valence-corrected chi connectivity index (χ4v) is 3.71. The fraction of sp³-hybridized carbons (Fsp3) is 0.421. The van der Waals surface area contributed by atoms with E-state index in [4.69, 9.17) is 5.11 Å². The zero-order valence-corrected chi connectivity index (χ0v) is 15.9. The summed E-state index contributed by atoms with van der Waals surface area (Å²) in [6.07, 6.45) is 1.58. The maximum atomic E-state index is 14.9. The van der Waals surface area contributed by atoms with Crippen LogP contribution in [0.5, 0.6) is 5.75 Å². The smallest absolute Gasteiger partial charge is 0.449 e. The van der Waals surface area contributed by atoms with Gasteiger partial charge in [-0.25, -0.2) is 14.0 Å². The highest BCUT2D eigenvalue weighted by Gasteiger charge is 2.28. The van der Waals surface area contributed by atoms with Gasteiger partial charge in [-0.15, -0.1) is 0 Å². The lowest BCUT2D eigenvalue weighted by molar-refractivity contribution is 0.143. The highest BCUT2D eigenvalue weighted by atomic mass is 19.1. The quantitative estimate of drug-likeness (QED) is 0.759. The van der Waals surface area contributed by atoms with Gasteiger partial charge in [0.15, 0.2) is 5.75 Å². The summed E-state index contributed by atoms with van der Waals surface area (Å²) in [6, 6.07) is 2.73. The number of carboxylic acid groups (broad SMARTS) is 1. The Balaban J connectivity index is 1.73. The van der Waals surface area contributed by atoms with Crippen molar-refractivity contribution in [2.24, 2.45) is 0 Å². The summed E-state index contributed by atoms with van der Waals surface area (Å²) in [7, 11) is 1.57. The summed E-state index contributed by atoms with van der Waals surface area (Å²) >= 11 is 0. The summed E-state index contributed by atoms with van der Waals surface area (Å²) in [5, 5.41) is 11.5. The Labute approximate surface area is 165 Å². The van der Waals surface area contributed by atoms with Crippen molar-refractivity contribution < 1.29 is 23.8 Å². The van der Waals surface area contributed by atoms with Gasteiger partial charge in [-0.05, 0) is 25.0 Å². The molecule has 1 aromatic carbocycles. The van der Waals surface area contributed by atoms with Crippen LogP contribution in [0.1, 0.15) is 18.9 Å². The van der Waals surface area contributed by atoms with E-state index in [1.165, 1.54) is 6.20 Å². The third-order valence-corrected chi connectivity index (χ3v) is 5.33. The number of hydrogen-bond acceptors (Lipinski definition) is 5. The summed E-state index contributed by atoms with van der Waals surface area (Å²) in [4.78, 5) is 38.8. The third-order valence-electron chi connectivity index (χ3n) is 5.33. The number of anilines is 1. The van der Waals surface area contributed by atoms with Gasteiger partial charge in [0.25, 0.3) is 0 Å². The Morgan fingerprint density at radius 3 is 2.48 bits per heavy atom. The second-order valence-electron chi connectivity index (χ2n) is 7.18. The minimum Gasteiger partial charge on any atom is -0.449 e. The number of halogens is 1. The Bertz CT molecular complexity index is 1040. The van der Waals surface area contributed by atoms with Crippen LogP contribution in [0.15, 0.2) is 23.1 Å². The topological polar surface area (TPSA) is 104 Å². The Hall–Kier alpha value is -3.30. The zero-order valence-electron chi connectivity index (χ0n) is 15.9. The van der Waals surface area contributed by atoms with Crippen LogP contribution in [0.3, 0.4) is 0 Å². The molecule has 1 aliphatic carbocycles. The third kappa shape index (κ3) is 3.57. The number of hydrogen-bond donors (Lipinski definition) is 2. The van der Waals surface area contributed by atoms with Crippen molar-refractivity contribution >= 4 is 28.8 Å². The molecule has 2 fully saturated rings. The average Bonchev–Trinajstić information content (AvgIpc) is 3.54. The minimum absolute atomic E-state index is 0.0842. The first kappa shape index (κ1) is 19.0. The van der Waals surface area contributed by atoms with E-state index in [1.54, 1.807) is 22.6 Å². The van der Waals surface area contributed by atoms with E-state index < -0.39 is 17.4 Å². The minimum atomic E-state index is -1.59. The Kier molecular flexibility index (Phi) is 4.77. The van der Waals surface area contributed by atoms with E-state index in [0.717, 1.165) is 18.9 Å². The molecule has 154 valence electrons. The molecular weight excluding hydrogens is 383 g/mol. The molecular formula is C19H21FN4O5. The van der Waals surface area contributed by atoms with E-state index in [-0.39, 0.29) is 23.2 Å². The van der Waals surface area contributed by atoms with Crippen molar-refractivity contribution in [2.45, 2.75) is 18.9 Å². The summed E-state index contributed by atoms with van der Waals surface area (Å²) in [5.41, 5.74) is 0.240. The second kappa shape index (κ2) is 7.26. The molecule has 10 heteroatoms. The lowest BCUT2D eigenvalue weighted by Gasteiger charge is -2.36. The molecule has 2 amide bonds. The van der Waals surface area contributed by atoms with Crippen LogP contribution >= 0.6 is 0 Å². The summed E-state index contributed by atoms with van der Waals surface area (Å²) < 4.78 is 21.3. The number of carbonyl (C=O) groups excluding carboxylic acids is 1. The molecule has 1 aromatic heterocycles. The van der Waals surface area contributed by atoms with Crippen molar-refractivity contribution in [1.82, 2.24) is 14.8 Å². The van der Waals surface area contributed by atoms with Crippen LogP contribution in [0, 0.1) is 5.82 Å². The zero-order chi connectivity index (χ0) is 20.7. The molecule has 4 rings (SSSR count). The van der Waals surface area contributed by atoms with Gasteiger partial charge in [0.2, 0.25) is 5.43 Å². The van der Waals surface area contributed by atoms with E-state index in [2.05, 4.69) is 10.1 Å². The van der Waals surface area contributed by atoms with Crippen LogP contribution in [0.25, 0.3) is 10.9 Å². The maximum Gasteiger partial charge on any atom is 0.511 e. The van der Waals surface area contributed by atoms with Crippen molar-refractivity contribution in [1.29, 1.82) is 0 Å². The maximum absolute atomic E-state index is 14.9. The van der Waals surface area contributed by atoms with Crippen LogP contribution in [0.4, 0.5) is 19.7 Å². The number of urea groups is 1. The molecule has 1 aliphatic heterocycles. The number of nitrogens with one attached hydrogen (secondary N) is 1. The van der Waals surface area contributed by atoms with E-state index in [1.807, 2.05) is 4.90 Å². The summed E-state index contributed by atoms with van der Waals surface area (Å²) in [5.74, 6) is -0.902. The largest absolute Gasteiger partial charge is 0.511 e. The molecule has 0 spiro atoms. The van der Waals surface area contributed by atoms with Gasteiger partial charge >= 0.3 is 12.2 Å². The van der Waals surface area contributed by atoms with Gasteiger partial charge in [0.05, 0.1) is 22.8 Å². The number of amides is 2. The molecule has 2 N–H and O–H groups in total. The number of pyridine rings is 1. The molecule has 0 radical (unpaired) electrons. The number of piperazine rings is 1. The van der Waals surface area contributed by atoms with Gasteiger partial charge in [0, 0.05) is 39.3 Å². The van der Waals surface area contributed by atoms with Gasteiger partial charge < -0.3 is 29.5 Å². The SMILES string of the molecule is CNC(=O)N1CCN(c2cc3c(cc2F)c(=O)c(OC(=O)O)cn3C2CC2)CC1. The van der Waals surface area contributed by atoms with E-state index in [0.29, 0.717) is 37.4 Å². The van der Waals surface area contributed by atoms with Crippen molar-refractivity contribution in [3.05, 3.63) is 34.4 Å². The van der Waals surface area contributed by atoms with Crippen molar-refractivity contribution in [2.75, 3.05) is 38.1 Å². The van der Waals surface area contributed by atoms with Gasteiger partial charge in [-0.2, -0.15) is 0 Å². The molecule has 29 heavy (non-hydrogen) atoms. The van der Waals surface area contributed by atoms with Crippen LogP contribution in [0.2, 0.25) is 0 Å². The number of carbonyl (C=O) groups is 2. The number of aromatic nitrogens is 1. The highest BCUT2D eigenvalue weighted by molar-refractivity contribution is 5.85. The Morgan fingerprint density at radius 2 is 1.90 bits per heavy atom. The first-order valence-electron chi connectivity index (χ1n) is 9.40. The number of rotatable bonds is 3. The van der Waals surface area contributed by atoms with Crippen molar-refractivity contribution in [3.63, 3.8) is 0 Å². The molecule has 0 atom stereocenters. The summed E-state index contributed by atoms with van der Waals surface area (Å²) in [6.45, 7) is 1.84. The monoisotopic (exact) mass is 404 g/mol. The molecule has 0 bridgehead atoms. The lowest BCUT2D eigenvalue weighted by atomic mass is 10.1. The van der Waals surface area contributed by atoms with Gasteiger partial charge in [-0.3, -0.25) is 4.79 Å². The average molecular weight is 404 g/mol. The molecule has 1 saturated heterocycles. The molecule has 2 heterocycles. The number of nitrogens with zero attached hydrogens (tertiary/aromatic N) is 3. The van der Waals surface area contributed by atoms with E-state index >= 15 is 0 Å². The Morgan fingerprint density at radius 1 is 1.21 bits per heavy atom. The first-order chi connectivity index (χ1) is 13.9. The standard InChI is InChI=1S/C19H21FN4O5/c1-21-18(26)23-6-4-22(5-7-23)15-9-14-12(8-13(15)20)17(25)16(29-19(27)28)10-24(14)11-2-3-11/h8-11H,2-7H2,1H3,(H,21,26)(H,27,28). The molecule has 0 unspecified atom stereocenters. The number of benzene rings is 1. The fourth-order valence-electron chi connectivity index (χ4n) is 3.71. The van der Waals surface area contributed by atoms with Gasteiger partial charge in [-0.1, -0.05) is 0 Å². The molecule has 9 nitrogen and oxygen atoms in total. The van der Waals surface area contributed by atoms with Crippen molar-refractivity contribution in [3.8, 4) is 5.75 Å². The molecule has 2 aliphatic rings. The van der Waals surface area contributed by atoms with Gasteiger partial charge in [0.1, 0.15) is 5.82 Å². The second-order valence-corrected chi connectivity index (χ2v) is 7.18. The number of fused-ring (bicyclic) bond motifs is 1.